The fourth-order valence-corrected chi connectivity index (χ4v) is 3.55. The molecule has 0 aromatic heterocycles. The number of hydrogen-bond acceptors (Lipinski definition) is 4. The van der Waals surface area contributed by atoms with Gasteiger partial charge in [0.15, 0.2) is 5.17 Å². The number of thioether (sulfide) groups is 1. The summed E-state index contributed by atoms with van der Waals surface area (Å²) in [7, 11) is 0. The molecule has 0 saturated heterocycles. The van der Waals surface area contributed by atoms with E-state index < -0.39 is 11.9 Å². The average molecular weight is 355 g/mol. The second kappa shape index (κ2) is 7.53. The van der Waals surface area contributed by atoms with Crippen molar-refractivity contribution in [2.75, 3.05) is 0 Å². The summed E-state index contributed by atoms with van der Waals surface area (Å²) in [5, 5.41) is 3.86. The zero-order valence-electron chi connectivity index (χ0n) is 13.7. The van der Waals surface area contributed by atoms with Gasteiger partial charge in [0, 0.05) is 11.4 Å². The van der Waals surface area contributed by atoms with Crippen LogP contribution < -0.4 is 11.1 Å². The molecule has 1 aliphatic heterocycles. The van der Waals surface area contributed by atoms with Gasteiger partial charge in [0.05, 0.1) is 5.57 Å². The fraction of sp³-hybridized carbons (Fsp3) is 0.158. The van der Waals surface area contributed by atoms with E-state index in [2.05, 4.69) is 10.3 Å². The van der Waals surface area contributed by atoms with E-state index in [4.69, 9.17) is 5.73 Å². The van der Waals surface area contributed by atoms with Gasteiger partial charge in [0.25, 0.3) is 0 Å². The van der Waals surface area contributed by atoms with Crippen molar-refractivity contribution >= 4 is 22.8 Å². The van der Waals surface area contributed by atoms with Crippen molar-refractivity contribution in [3.05, 3.63) is 82.8 Å². The summed E-state index contributed by atoms with van der Waals surface area (Å²) in [4.78, 5) is 16.6. The number of rotatable bonds is 4. The summed E-state index contributed by atoms with van der Waals surface area (Å²) in [6.07, 6.45) is 0. The number of allylic oxidation sites excluding steroid dienone is 1. The van der Waals surface area contributed by atoms with Gasteiger partial charge >= 0.3 is 0 Å². The van der Waals surface area contributed by atoms with Gasteiger partial charge in [-0.3, -0.25) is 4.79 Å². The third kappa shape index (κ3) is 4.09. The highest BCUT2D eigenvalue weighted by atomic mass is 32.2. The van der Waals surface area contributed by atoms with Crippen molar-refractivity contribution in [2.24, 2.45) is 10.7 Å². The van der Waals surface area contributed by atoms with E-state index in [0.29, 0.717) is 22.2 Å². The first-order valence-corrected chi connectivity index (χ1v) is 8.80. The number of benzene rings is 2. The highest BCUT2D eigenvalue weighted by Crippen LogP contribution is 2.32. The molecule has 4 nitrogen and oxygen atoms in total. The van der Waals surface area contributed by atoms with Gasteiger partial charge in [-0.2, -0.15) is 0 Å². The number of nitrogens with zero attached hydrogens (tertiary/aromatic N) is 1. The molecular weight excluding hydrogens is 337 g/mol. The van der Waals surface area contributed by atoms with Crippen molar-refractivity contribution in [3.63, 3.8) is 0 Å². The Morgan fingerprint density at radius 2 is 1.88 bits per heavy atom. The molecule has 3 rings (SSSR count). The molecule has 1 aliphatic rings. The van der Waals surface area contributed by atoms with Crippen molar-refractivity contribution in [3.8, 4) is 0 Å². The molecule has 0 bridgehead atoms. The topological polar surface area (TPSA) is 67.5 Å². The summed E-state index contributed by atoms with van der Waals surface area (Å²) in [6, 6.07) is 15.5. The maximum atomic E-state index is 13.0. The molecule has 25 heavy (non-hydrogen) atoms. The third-order valence-corrected chi connectivity index (χ3v) is 4.85. The van der Waals surface area contributed by atoms with Crippen LogP contribution in [0.15, 0.2) is 70.9 Å². The predicted octanol–water partition coefficient (Wildman–Crippen LogP) is 3.52. The van der Waals surface area contributed by atoms with Crippen LogP contribution in [0.1, 0.15) is 24.1 Å². The molecule has 3 N–H and O–H groups in total. The number of halogens is 1. The number of primary amides is 1. The highest BCUT2D eigenvalue weighted by molar-refractivity contribution is 8.13. The Kier molecular flexibility index (Phi) is 5.19. The van der Waals surface area contributed by atoms with Crippen LogP contribution >= 0.6 is 11.8 Å². The Bertz CT molecular complexity index is 832. The minimum atomic E-state index is -0.481. The molecule has 0 unspecified atom stereocenters. The summed E-state index contributed by atoms with van der Waals surface area (Å²) in [5.41, 5.74) is 8.65. The Hall–Kier alpha value is -2.60. The Labute approximate surface area is 150 Å². The van der Waals surface area contributed by atoms with Gasteiger partial charge in [-0.1, -0.05) is 54.2 Å². The zero-order chi connectivity index (χ0) is 17.8. The van der Waals surface area contributed by atoms with E-state index in [9.17, 15) is 9.18 Å². The Balaban J connectivity index is 1.83. The average Bonchev–Trinajstić information content (AvgIpc) is 2.61. The summed E-state index contributed by atoms with van der Waals surface area (Å²) < 4.78 is 13.0. The number of carbonyl (C=O) groups excluding carboxylic acids is 1. The molecule has 6 heteroatoms. The van der Waals surface area contributed by atoms with Crippen LogP contribution in [-0.4, -0.2) is 11.1 Å². The molecule has 0 spiro atoms. The normalized spacial score (nSPS) is 17.0. The van der Waals surface area contributed by atoms with E-state index >= 15 is 0 Å². The fourth-order valence-electron chi connectivity index (χ4n) is 2.65. The molecule has 0 aliphatic carbocycles. The third-order valence-electron chi connectivity index (χ3n) is 3.89. The number of amidine groups is 1. The number of nitrogens with one attached hydrogen (secondary N) is 1. The minimum Gasteiger partial charge on any atom is -0.366 e. The molecule has 2 aromatic rings. The van der Waals surface area contributed by atoms with Gasteiger partial charge in [-0.15, -0.1) is 0 Å². The van der Waals surface area contributed by atoms with E-state index in [1.54, 1.807) is 12.1 Å². The van der Waals surface area contributed by atoms with Crippen LogP contribution in [0.4, 0.5) is 4.39 Å². The van der Waals surface area contributed by atoms with Crippen molar-refractivity contribution in [1.29, 1.82) is 0 Å². The summed E-state index contributed by atoms with van der Waals surface area (Å²) >= 11 is 1.50. The molecule has 1 amide bonds. The van der Waals surface area contributed by atoms with Gasteiger partial charge < -0.3 is 11.1 Å². The smallest absolute Gasteiger partial charge is 0.248 e. The number of hydrogen-bond donors (Lipinski definition) is 2. The second-order valence-corrected chi connectivity index (χ2v) is 6.65. The zero-order valence-corrected chi connectivity index (χ0v) is 14.5. The minimum absolute atomic E-state index is 0.254. The molecular formula is C19H18FN3OS. The first-order valence-electron chi connectivity index (χ1n) is 7.82. The largest absolute Gasteiger partial charge is 0.366 e. The standard InChI is InChI=1S/C19H18FN3OS/c1-12-16(18(21)24)17(14-5-3-2-4-6-14)23-19(22-12)25-11-13-7-9-15(20)10-8-13/h2-10,17H,11H2,1H3,(H2,21,24)(H,22,23)/t17-/m1/s1. The molecule has 2 aromatic carbocycles. The van der Waals surface area contributed by atoms with Gasteiger partial charge in [-0.25, -0.2) is 9.38 Å². The van der Waals surface area contributed by atoms with E-state index in [1.165, 1.54) is 23.9 Å². The van der Waals surface area contributed by atoms with Crippen LogP contribution in [0.25, 0.3) is 0 Å². The second-order valence-electron chi connectivity index (χ2n) is 5.69. The molecule has 0 fully saturated rings. The van der Waals surface area contributed by atoms with Crippen LogP contribution in [0.5, 0.6) is 0 Å². The van der Waals surface area contributed by atoms with Gasteiger partial charge in [0.1, 0.15) is 11.9 Å². The lowest BCUT2D eigenvalue weighted by Gasteiger charge is -2.25. The summed E-state index contributed by atoms with van der Waals surface area (Å²) in [5.74, 6) is -0.0895. The van der Waals surface area contributed by atoms with Gasteiger partial charge in [-0.05, 0) is 30.2 Å². The van der Waals surface area contributed by atoms with Crippen LogP contribution in [0.2, 0.25) is 0 Å². The van der Waals surface area contributed by atoms with Crippen LogP contribution in [-0.2, 0) is 10.5 Å². The maximum absolute atomic E-state index is 13.0. The van der Waals surface area contributed by atoms with Crippen LogP contribution in [0.3, 0.4) is 0 Å². The molecule has 1 heterocycles. The van der Waals surface area contributed by atoms with E-state index in [-0.39, 0.29) is 5.82 Å². The maximum Gasteiger partial charge on any atom is 0.248 e. The first-order chi connectivity index (χ1) is 12.0. The van der Waals surface area contributed by atoms with Crippen molar-refractivity contribution in [1.82, 2.24) is 5.32 Å². The summed E-state index contributed by atoms with van der Waals surface area (Å²) in [6.45, 7) is 1.82. The van der Waals surface area contributed by atoms with Crippen molar-refractivity contribution < 1.29 is 9.18 Å². The SMILES string of the molecule is CC1=C(C(N)=O)[C@@H](c2ccccc2)N=C(SCc2ccc(F)cc2)N1. The lowest BCUT2D eigenvalue weighted by atomic mass is 9.96. The first kappa shape index (κ1) is 17.2. The quantitative estimate of drug-likeness (QED) is 0.882. The number of amides is 1. The number of carbonyl (C=O) groups is 1. The number of nitrogens with two attached hydrogens (primary N) is 1. The Morgan fingerprint density at radius 1 is 1.20 bits per heavy atom. The lowest BCUT2D eigenvalue weighted by Crippen LogP contribution is -2.32. The molecule has 0 radical (unpaired) electrons. The Morgan fingerprint density at radius 3 is 2.52 bits per heavy atom. The van der Waals surface area contributed by atoms with E-state index in [0.717, 1.165) is 11.1 Å². The van der Waals surface area contributed by atoms with Gasteiger partial charge in [0.2, 0.25) is 5.91 Å². The number of aliphatic imine (C=N–C) groups is 1. The molecule has 1 atom stereocenters. The monoisotopic (exact) mass is 355 g/mol. The predicted molar refractivity (Wildman–Crippen MR) is 99.3 cm³/mol. The van der Waals surface area contributed by atoms with Crippen LogP contribution in [0, 0.1) is 5.82 Å². The highest BCUT2D eigenvalue weighted by Gasteiger charge is 2.27. The molecule has 0 saturated carbocycles. The lowest BCUT2D eigenvalue weighted by molar-refractivity contribution is -0.114. The van der Waals surface area contributed by atoms with E-state index in [1.807, 2.05) is 37.3 Å². The molecule has 128 valence electrons. The van der Waals surface area contributed by atoms with Crippen molar-refractivity contribution in [2.45, 2.75) is 18.7 Å².